The third-order valence-electron chi connectivity index (χ3n) is 4.22. The molecular weight excluding hydrogens is 404 g/mol. The fraction of sp³-hybridized carbons (Fsp3) is 0.261. The minimum atomic E-state index is -1.05. The highest BCUT2D eigenvalue weighted by Crippen LogP contribution is 2.15. The highest BCUT2D eigenvalue weighted by atomic mass is 19.1. The lowest BCUT2D eigenvalue weighted by molar-refractivity contribution is -0.130. The number of rotatable bonds is 9. The number of halogens is 2. The summed E-state index contributed by atoms with van der Waals surface area (Å²) >= 11 is 0. The van der Waals surface area contributed by atoms with Gasteiger partial charge in [-0.2, -0.15) is 0 Å². The first-order chi connectivity index (χ1) is 14.7. The molecule has 0 saturated heterocycles. The van der Waals surface area contributed by atoms with E-state index in [1.807, 2.05) is 0 Å². The number of para-hydroxylation sites is 1. The molecule has 1 atom stereocenters. The molecule has 0 fully saturated rings. The lowest BCUT2D eigenvalue weighted by Crippen LogP contribution is -2.51. The van der Waals surface area contributed by atoms with E-state index in [-0.39, 0.29) is 18.5 Å². The molecule has 8 heteroatoms. The van der Waals surface area contributed by atoms with Gasteiger partial charge in [-0.15, -0.1) is 0 Å². The molecule has 3 amide bonds. The van der Waals surface area contributed by atoms with Gasteiger partial charge in [0.1, 0.15) is 17.7 Å². The standard InChI is InChI=1S/C23H25F2N3O3/c1-15(2)13-26-14-22(30)28(20-7-5-4-6-8-20)23(31)16(3)27-21(29)11-17-9-18(24)12-19(25)10-17/h4-10,12,16,26H,1,11,13-14H2,2-3H3,(H,27,29)/t16-/m0/s1. The van der Waals surface area contributed by atoms with Crippen LogP contribution in [-0.2, 0) is 20.8 Å². The molecule has 0 bridgehead atoms. The molecule has 0 spiro atoms. The van der Waals surface area contributed by atoms with Crippen molar-refractivity contribution >= 4 is 23.4 Å². The Hall–Kier alpha value is -3.39. The van der Waals surface area contributed by atoms with Gasteiger partial charge in [-0.25, -0.2) is 13.7 Å². The Morgan fingerprint density at radius 3 is 2.23 bits per heavy atom. The number of benzene rings is 2. The second kappa shape index (κ2) is 11.1. The van der Waals surface area contributed by atoms with Gasteiger partial charge < -0.3 is 10.6 Å². The average Bonchev–Trinajstić information content (AvgIpc) is 2.67. The van der Waals surface area contributed by atoms with E-state index in [9.17, 15) is 23.2 Å². The number of carbonyl (C=O) groups is 3. The Kier molecular flexibility index (Phi) is 8.57. The normalized spacial score (nSPS) is 11.5. The second-order valence-corrected chi connectivity index (χ2v) is 7.21. The van der Waals surface area contributed by atoms with Crippen molar-refractivity contribution in [1.82, 2.24) is 10.6 Å². The molecule has 0 aliphatic heterocycles. The SMILES string of the molecule is C=C(C)CNCC(=O)N(C(=O)[C@H](C)NC(=O)Cc1cc(F)cc(F)c1)c1ccccc1. The number of nitrogens with one attached hydrogen (secondary N) is 2. The van der Waals surface area contributed by atoms with Crippen molar-refractivity contribution < 1.29 is 23.2 Å². The van der Waals surface area contributed by atoms with Crippen LogP contribution in [0.5, 0.6) is 0 Å². The maximum atomic E-state index is 13.3. The zero-order valence-corrected chi connectivity index (χ0v) is 17.5. The summed E-state index contributed by atoms with van der Waals surface area (Å²) in [5, 5.41) is 5.40. The van der Waals surface area contributed by atoms with Crippen molar-refractivity contribution in [2.45, 2.75) is 26.3 Å². The maximum Gasteiger partial charge on any atom is 0.256 e. The quantitative estimate of drug-likeness (QED) is 0.601. The molecule has 0 saturated carbocycles. The predicted octanol–water partition coefficient (Wildman–Crippen LogP) is 2.74. The van der Waals surface area contributed by atoms with E-state index in [2.05, 4.69) is 17.2 Å². The summed E-state index contributed by atoms with van der Waals surface area (Å²) in [5.41, 5.74) is 1.33. The fourth-order valence-electron chi connectivity index (χ4n) is 2.88. The van der Waals surface area contributed by atoms with Crippen LogP contribution in [0.15, 0.2) is 60.7 Å². The van der Waals surface area contributed by atoms with Crippen molar-refractivity contribution in [2.75, 3.05) is 18.0 Å². The first-order valence-electron chi connectivity index (χ1n) is 9.68. The number of nitrogens with zero attached hydrogens (tertiary/aromatic N) is 1. The Bertz CT molecular complexity index is 944. The van der Waals surface area contributed by atoms with Crippen molar-refractivity contribution in [3.8, 4) is 0 Å². The third kappa shape index (κ3) is 7.42. The highest BCUT2D eigenvalue weighted by Gasteiger charge is 2.28. The third-order valence-corrected chi connectivity index (χ3v) is 4.22. The lowest BCUT2D eigenvalue weighted by Gasteiger charge is -2.25. The van der Waals surface area contributed by atoms with Crippen molar-refractivity contribution in [3.05, 3.63) is 77.9 Å². The molecule has 2 rings (SSSR count). The summed E-state index contributed by atoms with van der Waals surface area (Å²) in [4.78, 5) is 39.0. The Morgan fingerprint density at radius 2 is 1.65 bits per heavy atom. The zero-order chi connectivity index (χ0) is 23.0. The van der Waals surface area contributed by atoms with Gasteiger partial charge in [0, 0.05) is 12.6 Å². The van der Waals surface area contributed by atoms with Gasteiger partial charge in [-0.05, 0) is 43.7 Å². The predicted molar refractivity (Wildman–Crippen MR) is 114 cm³/mol. The van der Waals surface area contributed by atoms with Crippen LogP contribution in [-0.4, -0.2) is 36.9 Å². The summed E-state index contributed by atoms with van der Waals surface area (Å²) in [7, 11) is 0. The zero-order valence-electron chi connectivity index (χ0n) is 17.5. The number of imide groups is 1. The van der Waals surface area contributed by atoms with E-state index in [4.69, 9.17) is 0 Å². The van der Waals surface area contributed by atoms with Crippen LogP contribution >= 0.6 is 0 Å². The second-order valence-electron chi connectivity index (χ2n) is 7.21. The summed E-state index contributed by atoms with van der Waals surface area (Å²) in [6, 6.07) is 10.1. The average molecular weight is 429 g/mol. The molecule has 0 aliphatic rings. The molecule has 0 heterocycles. The Morgan fingerprint density at radius 1 is 1.03 bits per heavy atom. The first-order valence-corrected chi connectivity index (χ1v) is 9.68. The monoisotopic (exact) mass is 429 g/mol. The lowest BCUT2D eigenvalue weighted by atomic mass is 10.1. The van der Waals surface area contributed by atoms with Gasteiger partial charge in [0.05, 0.1) is 18.7 Å². The molecule has 164 valence electrons. The molecule has 0 unspecified atom stereocenters. The van der Waals surface area contributed by atoms with Gasteiger partial charge >= 0.3 is 0 Å². The van der Waals surface area contributed by atoms with Gasteiger partial charge in [0.15, 0.2) is 0 Å². The molecule has 31 heavy (non-hydrogen) atoms. The van der Waals surface area contributed by atoms with E-state index in [1.165, 1.54) is 6.92 Å². The number of hydrogen-bond acceptors (Lipinski definition) is 4. The highest BCUT2D eigenvalue weighted by molar-refractivity contribution is 6.17. The van der Waals surface area contributed by atoms with Crippen LogP contribution in [0.4, 0.5) is 14.5 Å². The van der Waals surface area contributed by atoms with Gasteiger partial charge in [0.2, 0.25) is 11.8 Å². The molecule has 6 nitrogen and oxygen atoms in total. The summed E-state index contributed by atoms with van der Waals surface area (Å²) in [6.45, 7) is 7.31. The maximum absolute atomic E-state index is 13.3. The van der Waals surface area contributed by atoms with Crippen LogP contribution < -0.4 is 15.5 Å². The van der Waals surface area contributed by atoms with Crippen molar-refractivity contribution in [1.29, 1.82) is 0 Å². The van der Waals surface area contributed by atoms with Crippen LogP contribution in [0.2, 0.25) is 0 Å². The topological polar surface area (TPSA) is 78.5 Å². The smallest absolute Gasteiger partial charge is 0.256 e. The summed E-state index contributed by atoms with van der Waals surface area (Å²) in [6.07, 6.45) is -0.314. The van der Waals surface area contributed by atoms with Crippen LogP contribution in [0.3, 0.4) is 0 Å². The van der Waals surface area contributed by atoms with E-state index in [0.29, 0.717) is 18.3 Å². The Labute approximate surface area is 179 Å². The molecule has 0 radical (unpaired) electrons. The molecule has 2 aromatic rings. The minimum Gasteiger partial charge on any atom is -0.344 e. The molecule has 0 aliphatic carbocycles. The van der Waals surface area contributed by atoms with E-state index in [1.54, 1.807) is 37.3 Å². The number of anilines is 1. The fourth-order valence-corrected chi connectivity index (χ4v) is 2.88. The summed E-state index contributed by atoms with van der Waals surface area (Å²) < 4.78 is 26.6. The first kappa shape index (κ1) is 23.9. The van der Waals surface area contributed by atoms with E-state index in [0.717, 1.165) is 22.6 Å². The van der Waals surface area contributed by atoms with Crippen molar-refractivity contribution in [2.24, 2.45) is 0 Å². The van der Waals surface area contributed by atoms with Gasteiger partial charge in [0.25, 0.3) is 5.91 Å². The number of carbonyl (C=O) groups excluding carboxylic acids is 3. The van der Waals surface area contributed by atoms with E-state index < -0.39 is 35.4 Å². The van der Waals surface area contributed by atoms with Crippen LogP contribution in [0.25, 0.3) is 0 Å². The Balaban J connectivity index is 2.10. The van der Waals surface area contributed by atoms with Gasteiger partial charge in [-0.3, -0.25) is 14.4 Å². The summed E-state index contributed by atoms with van der Waals surface area (Å²) in [5.74, 6) is -3.32. The van der Waals surface area contributed by atoms with Crippen LogP contribution in [0, 0.1) is 11.6 Å². The van der Waals surface area contributed by atoms with Crippen molar-refractivity contribution in [3.63, 3.8) is 0 Å². The van der Waals surface area contributed by atoms with Crippen LogP contribution in [0.1, 0.15) is 19.4 Å². The molecule has 2 aromatic carbocycles. The molecular formula is C23H25F2N3O3. The van der Waals surface area contributed by atoms with E-state index >= 15 is 0 Å². The minimum absolute atomic E-state index is 0.100. The molecule has 0 aromatic heterocycles. The molecule has 2 N–H and O–H groups in total. The van der Waals surface area contributed by atoms with Gasteiger partial charge in [-0.1, -0.05) is 30.4 Å². The number of hydrogen-bond donors (Lipinski definition) is 2. The number of amides is 3. The largest absolute Gasteiger partial charge is 0.344 e.